The molecule has 3 aromatic carbocycles. The minimum Gasteiger partial charge on any atom is -0.387 e. The Kier molecular flexibility index (Phi) is 8.60. The summed E-state index contributed by atoms with van der Waals surface area (Å²) in [6.45, 7) is 1.04. The summed E-state index contributed by atoms with van der Waals surface area (Å²) in [7, 11) is 0. The average Bonchev–Trinajstić information content (AvgIpc) is 2.86. The van der Waals surface area contributed by atoms with Gasteiger partial charge in [-0.25, -0.2) is 0 Å². The zero-order valence-corrected chi connectivity index (χ0v) is 18.4. The van der Waals surface area contributed by atoms with Crippen molar-refractivity contribution < 1.29 is 29.2 Å². The first-order valence-electron chi connectivity index (χ1n) is 11.1. The molecule has 1 aliphatic heterocycles. The van der Waals surface area contributed by atoms with Crippen molar-refractivity contribution >= 4 is 0 Å². The predicted molar refractivity (Wildman–Crippen MR) is 123 cm³/mol. The Hall–Kier alpha value is -2.58. The van der Waals surface area contributed by atoms with Crippen LogP contribution in [0.15, 0.2) is 91.0 Å². The molecule has 0 amide bonds. The highest BCUT2D eigenvalue weighted by molar-refractivity contribution is 5.15. The van der Waals surface area contributed by atoms with Crippen LogP contribution < -0.4 is 0 Å². The quantitative estimate of drug-likeness (QED) is 0.493. The van der Waals surface area contributed by atoms with Crippen molar-refractivity contribution in [1.29, 1.82) is 0 Å². The zero-order chi connectivity index (χ0) is 22.9. The second-order valence-corrected chi connectivity index (χ2v) is 8.08. The molecule has 1 heterocycles. The number of ether oxygens (including phenoxy) is 4. The molecule has 2 unspecified atom stereocenters. The van der Waals surface area contributed by atoms with E-state index >= 15 is 0 Å². The molecule has 0 radical (unpaired) electrons. The monoisotopic (exact) mass is 450 g/mol. The van der Waals surface area contributed by atoms with Gasteiger partial charge in [0.15, 0.2) is 6.29 Å². The number of hydrogen-bond acceptors (Lipinski definition) is 6. The van der Waals surface area contributed by atoms with Crippen molar-refractivity contribution in [3.8, 4) is 0 Å². The van der Waals surface area contributed by atoms with E-state index in [0.717, 1.165) is 16.7 Å². The van der Waals surface area contributed by atoms with Crippen LogP contribution in [-0.2, 0) is 38.8 Å². The molecule has 3 aromatic rings. The molecule has 0 bridgehead atoms. The van der Waals surface area contributed by atoms with Gasteiger partial charge in [-0.05, 0) is 16.7 Å². The van der Waals surface area contributed by atoms with E-state index in [1.165, 1.54) is 0 Å². The number of rotatable bonds is 10. The maximum atomic E-state index is 11.1. The van der Waals surface area contributed by atoms with E-state index in [4.69, 9.17) is 18.9 Å². The maximum Gasteiger partial charge on any atom is 0.184 e. The smallest absolute Gasteiger partial charge is 0.184 e. The van der Waals surface area contributed by atoms with E-state index in [1.807, 2.05) is 91.0 Å². The zero-order valence-electron chi connectivity index (χ0n) is 18.4. The minimum atomic E-state index is -1.26. The number of aliphatic hydroxyl groups excluding tert-OH is 2. The maximum absolute atomic E-state index is 11.1. The summed E-state index contributed by atoms with van der Waals surface area (Å²) in [6, 6.07) is 29.1. The molecule has 6 heteroatoms. The van der Waals surface area contributed by atoms with E-state index in [2.05, 4.69) is 0 Å². The Labute approximate surface area is 194 Å². The van der Waals surface area contributed by atoms with Crippen LogP contribution in [0.1, 0.15) is 16.7 Å². The van der Waals surface area contributed by atoms with Gasteiger partial charge in [-0.2, -0.15) is 0 Å². The van der Waals surface area contributed by atoms with E-state index < -0.39 is 30.7 Å². The normalized spacial score (nSPS) is 25.1. The number of hydrogen-bond donors (Lipinski definition) is 2. The summed E-state index contributed by atoms with van der Waals surface area (Å²) >= 11 is 0. The lowest BCUT2D eigenvalue weighted by Gasteiger charge is -2.42. The van der Waals surface area contributed by atoms with Gasteiger partial charge in [-0.1, -0.05) is 91.0 Å². The second kappa shape index (κ2) is 12.0. The molecule has 4 rings (SSSR count). The first kappa shape index (κ1) is 23.6. The molecular formula is C27H30O6. The fraction of sp³-hybridized carbons (Fsp3) is 0.333. The lowest BCUT2D eigenvalue weighted by Crippen LogP contribution is -2.60. The predicted octanol–water partition coefficient (Wildman–Crippen LogP) is 3.45. The third-order valence-electron chi connectivity index (χ3n) is 5.60. The van der Waals surface area contributed by atoms with Crippen LogP contribution in [-0.4, -0.2) is 47.5 Å². The molecule has 33 heavy (non-hydrogen) atoms. The summed E-state index contributed by atoms with van der Waals surface area (Å²) in [6.07, 6.45) is -4.68. The van der Waals surface area contributed by atoms with Crippen LogP contribution >= 0.6 is 0 Å². The standard InChI is InChI=1S/C27H30O6/c28-24-23(19-30-16-20-10-4-1-5-11-20)33-27(29)26(32-18-22-14-8-3-9-15-22)25(24)31-17-21-12-6-2-7-13-21/h1-15,23-29H,16-19H2/t23-,24+,25?,26?,27-/m0/s1. The molecule has 1 aliphatic rings. The van der Waals surface area contributed by atoms with Gasteiger partial charge in [0.2, 0.25) is 0 Å². The number of aliphatic hydroxyl groups is 2. The van der Waals surface area contributed by atoms with Crippen LogP contribution in [0.3, 0.4) is 0 Å². The molecule has 1 fully saturated rings. The van der Waals surface area contributed by atoms with E-state index in [9.17, 15) is 10.2 Å². The molecule has 1 saturated heterocycles. The third-order valence-corrected chi connectivity index (χ3v) is 5.60. The summed E-state index contributed by atoms with van der Waals surface area (Å²) in [4.78, 5) is 0. The Morgan fingerprint density at radius 3 is 1.58 bits per heavy atom. The van der Waals surface area contributed by atoms with Crippen LogP contribution in [0.25, 0.3) is 0 Å². The highest BCUT2D eigenvalue weighted by Gasteiger charge is 2.46. The lowest BCUT2D eigenvalue weighted by atomic mass is 9.98. The highest BCUT2D eigenvalue weighted by atomic mass is 16.7. The Balaban J connectivity index is 1.41. The molecule has 0 saturated carbocycles. The van der Waals surface area contributed by atoms with Crippen molar-refractivity contribution in [2.75, 3.05) is 6.61 Å². The molecular weight excluding hydrogens is 420 g/mol. The molecule has 5 atom stereocenters. The molecule has 0 spiro atoms. The molecule has 0 aliphatic carbocycles. The van der Waals surface area contributed by atoms with Gasteiger partial charge in [0.05, 0.1) is 26.4 Å². The first-order chi connectivity index (χ1) is 16.2. The Bertz CT molecular complexity index is 937. The summed E-state index contributed by atoms with van der Waals surface area (Å²) in [5.41, 5.74) is 2.93. The van der Waals surface area contributed by atoms with Gasteiger partial charge in [0.25, 0.3) is 0 Å². The van der Waals surface area contributed by atoms with Crippen molar-refractivity contribution in [2.45, 2.75) is 50.5 Å². The topological polar surface area (TPSA) is 77.4 Å². The average molecular weight is 451 g/mol. The van der Waals surface area contributed by atoms with Crippen LogP contribution in [0.4, 0.5) is 0 Å². The Morgan fingerprint density at radius 2 is 1.06 bits per heavy atom. The van der Waals surface area contributed by atoms with Gasteiger partial charge >= 0.3 is 0 Å². The van der Waals surface area contributed by atoms with Crippen molar-refractivity contribution in [3.05, 3.63) is 108 Å². The summed E-state index contributed by atoms with van der Waals surface area (Å²) in [5.74, 6) is 0. The van der Waals surface area contributed by atoms with Crippen LogP contribution in [0.5, 0.6) is 0 Å². The lowest BCUT2D eigenvalue weighted by molar-refractivity contribution is -0.309. The van der Waals surface area contributed by atoms with Gasteiger partial charge in [-0.15, -0.1) is 0 Å². The van der Waals surface area contributed by atoms with Crippen molar-refractivity contribution in [3.63, 3.8) is 0 Å². The minimum absolute atomic E-state index is 0.115. The fourth-order valence-corrected chi connectivity index (χ4v) is 3.81. The second-order valence-electron chi connectivity index (χ2n) is 8.08. The van der Waals surface area contributed by atoms with Crippen LogP contribution in [0.2, 0.25) is 0 Å². The Morgan fingerprint density at radius 1 is 0.606 bits per heavy atom. The van der Waals surface area contributed by atoms with Gasteiger partial charge in [0, 0.05) is 0 Å². The first-order valence-corrected chi connectivity index (χ1v) is 11.1. The fourth-order valence-electron chi connectivity index (χ4n) is 3.81. The molecule has 174 valence electrons. The molecule has 0 aromatic heterocycles. The van der Waals surface area contributed by atoms with E-state index in [1.54, 1.807) is 0 Å². The number of benzene rings is 3. The molecule has 2 N–H and O–H groups in total. The van der Waals surface area contributed by atoms with Gasteiger partial charge in [0.1, 0.15) is 24.4 Å². The van der Waals surface area contributed by atoms with Gasteiger partial charge in [-0.3, -0.25) is 0 Å². The highest BCUT2D eigenvalue weighted by Crippen LogP contribution is 2.27. The van der Waals surface area contributed by atoms with Crippen molar-refractivity contribution in [1.82, 2.24) is 0 Å². The third kappa shape index (κ3) is 6.71. The molecule has 6 nitrogen and oxygen atoms in total. The van der Waals surface area contributed by atoms with Crippen LogP contribution in [0, 0.1) is 0 Å². The summed E-state index contributed by atoms with van der Waals surface area (Å²) < 4.78 is 23.5. The van der Waals surface area contributed by atoms with E-state index in [-0.39, 0.29) is 19.8 Å². The largest absolute Gasteiger partial charge is 0.387 e. The van der Waals surface area contributed by atoms with E-state index in [0.29, 0.717) is 6.61 Å². The SMILES string of the molecule is O[C@H]1O[C@@H](COCc2ccccc2)[C@@H](O)C(OCc2ccccc2)C1OCc1ccccc1. The van der Waals surface area contributed by atoms with Crippen molar-refractivity contribution in [2.24, 2.45) is 0 Å². The van der Waals surface area contributed by atoms with Gasteiger partial charge < -0.3 is 29.2 Å². The summed E-state index contributed by atoms with van der Waals surface area (Å²) in [5, 5.41) is 21.8.